The zero-order chi connectivity index (χ0) is 18.2. The molecule has 140 valence electrons. The zero-order valence-corrected chi connectivity index (χ0v) is 17.3. The lowest BCUT2D eigenvalue weighted by molar-refractivity contribution is -0.147. The molecule has 0 N–H and O–H groups in total. The fourth-order valence-corrected chi connectivity index (χ4v) is 5.20. The van der Waals surface area contributed by atoms with E-state index >= 15 is 0 Å². The molecule has 4 nitrogen and oxygen atoms in total. The Balaban J connectivity index is 1.64. The highest BCUT2D eigenvalue weighted by atomic mass is 32.1. The molecular formula is C20H33N3OS. The molecule has 1 amide bonds. The van der Waals surface area contributed by atoms with Crippen molar-refractivity contribution in [2.24, 2.45) is 10.8 Å². The predicted octanol–water partition coefficient (Wildman–Crippen LogP) is 4.13. The van der Waals surface area contributed by atoms with Crippen LogP contribution in [0.2, 0.25) is 0 Å². The number of rotatable bonds is 4. The average molecular weight is 364 g/mol. The van der Waals surface area contributed by atoms with Crippen LogP contribution in [-0.2, 0) is 11.3 Å². The monoisotopic (exact) mass is 363 g/mol. The van der Waals surface area contributed by atoms with Crippen LogP contribution >= 0.6 is 11.3 Å². The second-order valence-corrected chi connectivity index (χ2v) is 10.4. The Morgan fingerprint density at radius 3 is 2.68 bits per heavy atom. The quantitative estimate of drug-likeness (QED) is 0.807. The summed E-state index contributed by atoms with van der Waals surface area (Å²) in [6.07, 6.45) is 3.21. The van der Waals surface area contributed by atoms with Gasteiger partial charge in [-0.2, -0.15) is 0 Å². The van der Waals surface area contributed by atoms with Crippen LogP contribution in [-0.4, -0.2) is 46.9 Å². The number of hydrogen-bond donors (Lipinski definition) is 0. The molecular weight excluding hydrogens is 330 g/mol. The van der Waals surface area contributed by atoms with Crippen molar-refractivity contribution in [3.63, 3.8) is 0 Å². The normalized spacial score (nSPS) is 25.5. The maximum Gasteiger partial charge on any atom is 0.230 e. The van der Waals surface area contributed by atoms with Gasteiger partial charge in [-0.3, -0.25) is 9.69 Å². The highest BCUT2D eigenvalue weighted by Crippen LogP contribution is 2.41. The van der Waals surface area contributed by atoms with Crippen LogP contribution in [0.15, 0.2) is 5.38 Å². The molecule has 2 saturated heterocycles. The molecule has 3 rings (SSSR count). The third-order valence-electron chi connectivity index (χ3n) is 5.44. The van der Waals surface area contributed by atoms with E-state index in [1.54, 1.807) is 11.3 Å². The van der Waals surface area contributed by atoms with Crippen molar-refractivity contribution in [3.05, 3.63) is 16.1 Å². The third-order valence-corrected chi connectivity index (χ3v) is 6.29. The standard InChI is InChI=1S/C20H33N3OS/c1-15(2)16-12-25-17(21-16)11-22-10-8-20(14-22)7-6-9-23(18(20)24)13-19(3,4)5/h12,15H,6-11,13-14H2,1-5H3. The molecule has 1 unspecified atom stereocenters. The molecule has 2 aliphatic heterocycles. The third kappa shape index (κ3) is 4.25. The summed E-state index contributed by atoms with van der Waals surface area (Å²) < 4.78 is 0. The van der Waals surface area contributed by atoms with E-state index in [0.29, 0.717) is 11.8 Å². The fourth-order valence-electron chi connectivity index (χ4n) is 4.20. The summed E-state index contributed by atoms with van der Waals surface area (Å²) in [4.78, 5) is 22.6. The number of carbonyl (C=O) groups is 1. The van der Waals surface area contributed by atoms with Gasteiger partial charge in [0.05, 0.1) is 17.7 Å². The van der Waals surface area contributed by atoms with Crippen LogP contribution in [0.1, 0.15) is 70.5 Å². The minimum Gasteiger partial charge on any atom is -0.342 e. The Hall–Kier alpha value is -0.940. The Kier molecular flexibility index (Phi) is 5.27. The predicted molar refractivity (Wildman–Crippen MR) is 104 cm³/mol. The first-order chi connectivity index (χ1) is 11.7. The van der Waals surface area contributed by atoms with E-state index in [9.17, 15) is 4.79 Å². The first kappa shape index (κ1) is 18.8. The summed E-state index contributed by atoms with van der Waals surface area (Å²) in [5.41, 5.74) is 1.22. The van der Waals surface area contributed by atoms with Crippen molar-refractivity contribution in [3.8, 4) is 0 Å². The SMILES string of the molecule is CC(C)c1csc(CN2CCC3(CCCN(CC(C)(C)C)C3=O)C2)n1. The van der Waals surface area contributed by atoms with Crippen molar-refractivity contribution < 1.29 is 4.79 Å². The second kappa shape index (κ2) is 6.99. The Morgan fingerprint density at radius 2 is 2.04 bits per heavy atom. The minimum absolute atomic E-state index is 0.137. The number of nitrogens with zero attached hydrogens (tertiary/aromatic N) is 3. The van der Waals surface area contributed by atoms with Gasteiger partial charge in [0.15, 0.2) is 0 Å². The maximum atomic E-state index is 13.2. The highest BCUT2D eigenvalue weighted by molar-refractivity contribution is 7.09. The summed E-state index contributed by atoms with van der Waals surface area (Å²) in [6, 6.07) is 0. The minimum atomic E-state index is -0.137. The zero-order valence-electron chi connectivity index (χ0n) is 16.5. The smallest absolute Gasteiger partial charge is 0.230 e. The van der Waals surface area contributed by atoms with Gasteiger partial charge in [-0.05, 0) is 37.1 Å². The molecule has 0 bridgehead atoms. The van der Waals surface area contributed by atoms with Crippen LogP contribution in [0.25, 0.3) is 0 Å². The van der Waals surface area contributed by atoms with Crippen LogP contribution in [0.3, 0.4) is 0 Å². The first-order valence-electron chi connectivity index (χ1n) is 9.65. The number of piperidine rings is 1. The van der Waals surface area contributed by atoms with Gasteiger partial charge in [0.25, 0.3) is 0 Å². The van der Waals surface area contributed by atoms with Crippen LogP contribution in [0, 0.1) is 10.8 Å². The van der Waals surface area contributed by atoms with Crippen LogP contribution in [0.5, 0.6) is 0 Å². The summed E-state index contributed by atoms with van der Waals surface area (Å²) >= 11 is 1.76. The number of likely N-dealkylation sites (tertiary alicyclic amines) is 2. The number of aromatic nitrogens is 1. The Morgan fingerprint density at radius 1 is 1.28 bits per heavy atom. The van der Waals surface area contributed by atoms with Crippen molar-refractivity contribution in [1.82, 2.24) is 14.8 Å². The van der Waals surface area contributed by atoms with Gasteiger partial charge >= 0.3 is 0 Å². The molecule has 2 aliphatic rings. The van der Waals surface area contributed by atoms with Gasteiger partial charge in [0, 0.05) is 25.0 Å². The molecule has 5 heteroatoms. The van der Waals surface area contributed by atoms with Crippen molar-refractivity contribution in [1.29, 1.82) is 0 Å². The van der Waals surface area contributed by atoms with Gasteiger partial charge in [-0.25, -0.2) is 4.98 Å². The van der Waals surface area contributed by atoms with Crippen LogP contribution in [0.4, 0.5) is 0 Å². The molecule has 3 heterocycles. The second-order valence-electron chi connectivity index (χ2n) is 9.45. The van der Waals surface area contributed by atoms with E-state index in [-0.39, 0.29) is 10.8 Å². The highest BCUT2D eigenvalue weighted by Gasteiger charge is 2.48. The average Bonchev–Trinajstić information content (AvgIpc) is 3.12. The lowest BCUT2D eigenvalue weighted by Gasteiger charge is -2.42. The van der Waals surface area contributed by atoms with Crippen molar-refractivity contribution in [2.45, 2.75) is 66.3 Å². The number of amides is 1. The number of thiazole rings is 1. The molecule has 0 aliphatic carbocycles. The fraction of sp³-hybridized carbons (Fsp3) is 0.800. The van der Waals surface area contributed by atoms with E-state index in [2.05, 4.69) is 49.8 Å². The van der Waals surface area contributed by atoms with Crippen molar-refractivity contribution >= 4 is 17.2 Å². The van der Waals surface area contributed by atoms with E-state index < -0.39 is 0 Å². The molecule has 0 aromatic carbocycles. The van der Waals surface area contributed by atoms with E-state index in [0.717, 1.165) is 52.0 Å². The molecule has 25 heavy (non-hydrogen) atoms. The van der Waals surface area contributed by atoms with E-state index in [1.807, 2.05) is 0 Å². The maximum absolute atomic E-state index is 13.2. The largest absolute Gasteiger partial charge is 0.342 e. The molecule has 0 saturated carbocycles. The molecule has 1 atom stereocenters. The lowest BCUT2D eigenvalue weighted by atomic mass is 9.77. The molecule has 1 spiro atoms. The number of hydrogen-bond acceptors (Lipinski definition) is 4. The van der Waals surface area contributed by atoms with Gasteiger partial charge in [0.2, 0.25) is 5.91 Å². The molecule has 0 radical (unpaired) electrons. The summed E-state index contributed by atoms with van der Waals surface area (Å²) in [5, 5.41) is 3.37. The molecule has 2 fully saturated rings. The first-order valence-corrected chi connectivity index (χ1v) is 10.5. The summed E-state index contributed by atoms with van der Waals surface area (Å²) in [7, 11) is 0. The lowest BCUT2D eigenvalue weighted by Crippen LogP contribution is -2.52. The summed E-state index contributed by atoms with van der Waals surface area (Å²) in [6.45, 7) is 15.7. The van der Waals surface area contributed by atoms with Gasteiger partial charge in [0.1, 0.15) is 5.01 Å². The van der Waals surface area contributed by atoms with Gasteiger partial charge < -0.3 is 4.90 Å². The van der Waals surface area contributed by atoms with Crippen LogP contribution < -0.4 is 0 Å². The Labute approximate surface area is 156 Å². The number of carbonyl (C=O) groups excluding carboxylic acids is 1. The summed E-state index contributed by atoms with van der Waals surface area (Å²) in [5.74, 6) is 0.888. The van der Waals surface area contributed by atoms with Crippen molar-refractivity contribution in [2.75, 3.05) is 26.2 Å². The topological polar surface area (TPSA) is 36.4 Å². The van der Waals surface area contributed by atoms with E-state index in [1.165, 1.54) is 10.7 Å². The molecule has 1 aromatic rings. The molecule has 1 aromatic heterocycles. The Bertz CT molecular complexity index is 619. The van der Waals surface area contributed by atoms with Gasteiger partial charge in [-0.15, -0.1) is 11.3 Å². The van der Waals surface area contributed by atoms with E-state index in [4.69, 9.17) is 4.98 Å². The van der Waals surface area contributed by atoms with Gasteiger partial charge in [-0.1, -0.05) is 34.6 Å².